The van der Waals surface area contributed by atoms with E-state index in [2.05, 4.69) is 33.4 Å². The fourth-order valence-corrected chi connectivity index (χ4v) is 3.13. The van der Waals surface area contributed by atoms with Crippen molar-refractivity contribution < 1.29 is 4.74 Å². The van der Waals surface area contributed by atoms with Gasteiger partial charge in [0.1, 0.15) is 0 Å². The molecule has 2 nitrogen and oxygen atoms in total. The maximum absolute atomic E-state index is 6.01. The molecule has 0 atom stereocenters. The second-order valence-corrected chi connectivity index (χ2v) is 5.74. The molecular weight excluding hydrogens is 326 g/mol. The van der Waals surface area contributed by atoms with E-state index in [1.165, 1.54) is 0 Å². The van der Waals surface area contributed by atoms with Crippen molar-refractivity contribution in [2.24, 2.45) is 0 Å². The van der Waals surface area contributed by atoms with Gasteiger partial charge in [-0.15, -0.1) is 0 Å². The molecule has 102 valence electrons. The number of halogens is 1. The van der Waals surface area contributed by atoms with E-state index in [-0.39, 0.29) is 0 Å². The summed E-state index contributed by atoms with van der Waals surface area (Å²) in [5.41, 5.74) is 4.24. The maximum atomic E-state index is 6.01. The Bertz CT molecular complexity index is 815. The first-order chi connectivity index (χ1) is 10.3. The first-order valence-corrected chi connectivity index (χ1v) is 7.54. The average Bonchev–Trinajstić information content (AvgIpc) is 2.54. The van der Waals surface area contributed by atoms with Gasteiger partial charge in [0.05, 0.1) is 11.4 Å². The standard InChI is InChI=1S/C18H12BrNO/c19-13-10-11-16-18(17(13)12-6-2-1-3-7-12)20-14-8-4-5-9-15(14)21-16/h1-11,20H. The van der Waals surface area contributed by atoms with Crippen molar-refractivity contribution in [2.45, 2.75) is 0 Å². The molecule has 0 unspecified atom stereocenters. The van der Waals surface area contributed by atoms with Crippen LogP contribution in [0.4, 0.5) is 11.4 Å². The second kappa shape index (κ2) is 4.93. The molecule has 0 aliphatic carbocycles. The van der Waals surface area contributed by atoms with Crippen LogP contribution in [-0.2, 0) is 0 Å². The van der Waals surface area contributed by atoms with Gasteiger partial charge in [-0.3, -0.25) is 0 Å². The van der Waals surface area contributed by atoms with Gasteiger partial charge in [0.15, 0.2) is 11.5 Å². The van der Waals surface area contributed by atoms with E-state index >= 15 is 0 Å². The number of nitrogens with one attached hydrogen (secondary N) is 1. The summed E-state index contributed by atoms with van der Waals surface area (Å²) in [6.45, 7) is 0. The van der Waals surface area contributed by atoms with Crippen LogP contribution in [0.1, 0.15) is 0 Å². The summed E-state index contributed by atoms with van der Waals surface area (Å²) in [5.74, 6) is 1.70. The molecule has 0 saturated carbocycles. The smallest absolute Gasteiger partial charge is 0.151 e. The van der Waals surface area contributed by atoms with Crippen molar-refractivity contribution in [3.63, 3.8) is 0 Å². The molecule has 0 bridgehead atoms. The van der Waals surface area contributed by atoms with E-state index in [1.54, 1.807) is 0 Å². The summed E-state index contributed by atoms with van der Waals surface area (Å²) in [7, 11) is 0. The van der Waals surface area contributed by atoms with Crippen LogP contribution in [0.5, 0.6) is 11.5 Å². The summed E-state index contributed by atoms with van der Waals surface area (Å²) in [6.07, 6.45) is 0. The Kier molecular flexibility index (Phi) is 2.93. The van der Waals surface area contributed by atoms with Crippen LogP contribution in [0.15, 0.2) is 71.2 Å². The normalized spacial score (nSPS) is 11.9. The average molecular weight is 338 g/mol. The minimum absolute atomic E-state index is 0.843. The zero-order valence-corrected chi connectivity index (χ0v) is 12.7. The van der Waals surface area contributed by atoms with E-state index in [9.17, 15) is 0 Å². The number of benzene rings is 3. The number of ether oxygens (including phenoxy) is 1. The van der Waals surface area contributed by atoms with Crippen molar-refractivity contribution in [2.75, 3.05) is 5.32 Å². The molecule has 3 aromatic carbocycles. The van der Waals surface area contributed by atoms with Gasteiger partial charge in [-0.05, 0) is 29.8 Å². The van der Waals surface area contributed by atoms with Crippen LogP contribution in [0.3, 0.4) is 0 Å². The number of para-hydroxylation sites is 2. The van der Waals surface area contributed by atoms with Crippen molar-refractivity contribution in [3.05, 3.63) is 71.2 Å². The third-order valence-electron chi connectivity index (χ3n) is 3.55. The highest BCUT2D eigenvalue weighted by atomic mass is 79.9. The summed E-state index contributed by atoms with van der Waals surface area (Å²) in [4.78, 5) is 0. The van der Waals surface area contributed by atoms with Crippen LogP contribution in [0.2, 0.25) is 0 Å². The number of rotatable bonds is 1. The Morgan fingerprint density at radius 2 is 1.52 bits per heavy atom. The van der Waals surface area contributed by atoms with Crippen LogP contribution in [-0.4, -0.2) is 0 Å². The summed E-state index contributed by atoms with van der Waals surface area (Å²) in [6, 6.07) is 22.3. The lowest BCUT2D eigenvalue weighted by Gasteiger charge is -2.24. The molecule has 0 fully saturated rings. The van der Waals surface area contributed by atoms with Gasteiger partial charge >= 0.3 is 0 Å². The van der Waals surface area contributed by atoms with Crippen molar-refractivity contribution in [1.29, 1.82) is 0 Å². The zero-order valence-electron chi connectivity index (χ0n) is 11.1. The van der Waals surface area contributed by atoms with Gasteiger partial charge in [-0.2, -0.15) is 0 Å². The predicted octanol–water partition coefficient (Wildman–Crippen LogP) is 5.97. The Morgan fingerprint density at radius 1 is 0.762 bits per heavy atom. The molecule has 1 N–H and O–H groups in total. The maximum Gasteiger partial charge on any atom is 0.151 e. The molecule has 0 aromatic heterocycles. The Balaban J connectivity index is 1.92. The van der Waals surface area contributed by atoms with Gasteiger partial charge < -0.3 is 10.1 Å². The topological polar surface area (TPSA) is 21.3 Å². The SMILES string of the molecule is Brc1ccc2c(c1-c1ccccc1)Nc1ccccc1O2. The van der Waals surface area contributed by atoms with Crippen LogP contribution >= 0.6 is 15.9 Å². The Labute approximate surface area is 131 Å². The van der Waals surface area contributed by atoms with Crippen LogP contribution in [0, 0.1) is 0 Å². The first-order valence-electron chi connectivity index (χ1n) is 6.75. The third-order valence-corrected chi connectivity index (χ3v) is 4.21. The Morgan fingerprint density at radius 3 is 2.38 bits per heavy atom. The van der Waals surface area contributed by atoms with Crippen LogP contribution in [0.25, 0.3) is 11.1 Å². The van der Waals surface area contributed by atoms with E-state index in [0.29, 0.717) is 0 Å². The molecular formula is C18H12BrNO. The molecule has 1 aliphatic rings. The zero-order chi connectivity index (χ0) is 14.2. The summed E-state index contributed by atoms with van der Waals surface area (Å²) < 4.78 is 7.06. The van der Waals surface area contributed by atoms with E-state index in [1.807, 2.05) is 54.6 Å². The third kappa shape index (κ3) is 2.10. The quantitative estimate of drug-likeness (QED) is 0.462. The fourth-order valence-electron chi connectivity index (χ4n) is 2.57. The van der Waals surface area contributed by atoms with Crippen LogP contribution < -0.4 is 10.1 Å². The lowest BCUT2D eigenvalue weighted by Crippen LogP contribution is -2.04. The monoisotopic (exact) mass is 337 g/mol. The van der Waals surface area contributed by atoms with Gasteiger partial charge in [-0.1, -0.05) is 58.4 Å². The molecule has 0 saturated heterocycles. The summed E-state index contributed by atoms with van der Waals surface area (Å²) >= 11 is 3.66. The predicted molar refractivity (Wildman–Crippen MR) is 89.4 cm³/mol. The molecule has 4 rings (SSSR count). The largest absolute Gasteiger partial charge is 0.453 e. The highest BCUT2D eigenvalue weighted by molar-refractivity contribution is 9.10. The van der Waals surface area contributed by atoms with E-state index in [4.69, 9.17) is 4.74 Å². The molecule has 0 radical (unpaired) electrons. The first kappa shape index (κ1) is 12.5. The highest BCUT2D eigenvalue weighted by Crippen LogP contribution is 2.48. The molecule has 0 spiro atoms. The van der Waals surface area contributed by atoms with Crippen molar-refractivity contribution in [1.82, 2.24) is 0 Å². The van der Waals surface area contributed by atoms with E-state index in [0.717, 1.165) is 38.5 Å². The molecule has 3 aromatic rings. The fraction of sp³-hybridized carbons (Fsp3) is 0. The lowest BCUT2D eigenvalue weighted by atomic mass is 10.0. The summed E-state index contributed by atoms with van der Waals surface area (Å²) in [5, 5.41) is 3.49. The number of hydrogen-bond donors (Lipinski definition) is 1. The molecule has 1 heterocycles. The molecule has 21 heavy (non-hydrogen) atoms. The lowest BCUT2D eigenvalue weighted by molar-refractivity contribution is 0.481. The van der Waals surface area contributed by atoms with Gasteiger partial charge in [-0.25, -0.2) is 0 Å². The number of hydrogen-bond acceptors (Lipinski definition) is 2. The minimum Gasteiger partial charge on any atom is -0.453 e. The molecule has 0 amide bonds. The molecule has 1 aliphatic heterocycles. The number of anilines is 2. The van der Waals surface area contributed by atoms with Crippen molar-refractivity contribution in [3.8, 4) is 22.6 Å². The molecule has 3 heteroatoms. The second-order valence-electron chi connectivity index (χ2n) is 4.88. The highest BCUT2D eigenvalue weighted by Gasteiger charge is 2.21. The number of fused-ring (bicyclic) bond motifs is 2. The van der Waals surface area contributed by atoms with Gasteiger partial charge in [0.25, 0.3) is 0 Å². The minimum atomic E-state index is 0.843. The Hall–Kier alpha value is -2.26. The van der Waals surface area contributed by atoms with E-state index < -0.39 is 0 Å². The van der Waals surface area contributed by atoms with Gasteiger partial charge in [0.2, 0.25) is 0 Å². The van der Waals surface area contributed by atoms with Gasteiger partial charge in [0, 0.05) is 10.0 Å². The van der Waals surface area contributed by atoms with Crippen molar-refractivity contribution >= 4 is 27.3 Å².